The monoisotopic (exact) mass is 385 g/mol. The van der Waals surface area contributed by atoms with Gasteiger partial charge < -0.3 is 4.90 Å². The van der Waals surface area contributed by atoms with Crippen molar-refractivity contribution in [2.75, 3.05) is 4.90 Å². The number of benzene rings is 2. The Morgan fingerprint density at radius 2 is 1.66 bits per heavy atom. The van der Waals surface area contributed by atoms with E-state index in [1.54, 1.807) is 0 Å². The lowest BCUT2D eigenvalue weighted by Gasteiger charge is -2.37. The molecule has 2 heteroatoms. The Morgan fingerprint density at radius 1 is 1.03 bits per heavy atom. The van der Waals surface area contributed by atoms with E-state index < -0.39 is 0 Å². The predicted octanol–water partition coefficient (Wildman–Crippen LogP) is 6.18. The van der Waals surface area contributed by atoms with Crippen molar-refractivity contribution in [3.05, 3.63) is 65.2 Å². The SMILES string of the molecule is CCCC(C)(C)C1(C)CC1(C)C(=O)N1Cc2ccccc2C#Cc2ccccc21. The minimum Gasteiger partial charge on any atom is -0.306 e. The molecule has 1 heterocycles. The van der Waals surface area contributed by atoms with Crippen molar-refractivity contribution in [1.29, 1.82) is 0 Å². The van der Waals surface area contributed by atoms with Crippen LogP contribution >= 0.6 is 0 Å². The lowest BCUT2D eigenvalue weighted by Crippen LogP contribution is -2.41. The van der Waals surface area contributed by atoms with Crippen molar-refractivity contribution < 1.29 is 4.79 Å². The summed E-state index contributed by atoms with van der Waals surface area (Å²) in [5, 5.41) is 0. The van der Waals surface area contributed by atoms with Crippen LogP contribution in [0.5, 0.6) is 0 Å². The van der Waals surface area contributed by atoms with Crippen LogP contribution in [0.1, 0.15) is 70.6 Å². The number of carbonyl (C=O) groups excluding carboxylic acids is 1. The summed E-state index contributed by atoms with van der Waals surface area (Å²) >= 11 is 0. The molecule has 1 aliphatic carbocycles. The molecule has 2 aromatic rings. The van der Waals surface area contributed by atoms with E-state index in [0.29, 0.717) is 6.54 Å². The van der Waals surface area contributed by atoms with E-state index in [2.05, 4.69) is 52.5 Å². The van der Waals surface area contributed by atoms with Crippen LogP contribution < -0.4 is 4.90 Å². The number of amides is 1. The minimum atomic E-state index is -0.347. The molecular formula is C27H31NO. The molecule has 2 unspecified atom stereocenters. The van der Waals surface area contributed by atoms with Crippen LogP contribution in [0.25, 0.3) is 0 Å². The maximum Gasteiger partial charge on any atom is 0.233 e. The zero-order valence-electron chi connectivity index (χ0n) is 18.3. The van der Waals surface area contributed by atoms with Gasteiger partial charge in [-0.05, 0) is 47.4 Å². The van der Waals surface area contributed by atoms with Crippen LogP contribution in [0.15, 0.2) is 48.5 Å². The Hall–Kier alpha value is -2.53. The Labute approximate surface area is 175 Å². The number of anilines is 1. The third-order valence-corrected chi connectivity index (χ3v) is 7.76. The van der Waals surface area contributed by atoms with Gasteiger partial charge in [0.2, 0.25) is 5.91 Å². The summed E-state index contributed by atoms with van der Waals surface area (Å²) in [6, 6.07) is 16.2. The smallest absolute Gasteiger partial charge is 0.233 e. The van der Waals surface area contributed by atoms with E-state index in [4.69, 9.17) is 0 Å². The van der Waals surface area contributed by atoms with E-state index in [1.165, 1.54) is 0 Å². The van der Waals surface area contributed by atoms with Crippen LogP contribution in [-0.2, 0) is 11.3 Å². The Balaban J connectivity index is 1.77. The number of hydrogen-bond donors (Lipinski definition) is 0. The van der Waals surface area contributed by atoms with Crippen molar-refractivity contribution in [1.82, 2.24) is 0 Å². The fourth-order valence-electron chi connectivity index (χ4n) is 5.33. The molecule has 2 atom stereocenters. The third kappa shape index (κ3) is 2.99. The van der Waals surface area contributed by atoms with Gasteiger partial charge >= 0.3 is 0 Å². The van der Waals surface area contributed by atoms with Crippen LogP contribution in [0, 0.1) is 28.1 Å². The maximum absolute atomic E-state index is 14.1. The molecule has 1 aliphatic heterocycles. The van der Waals surface area contributed by atoms with Gasteiger partial charge in [-0.15, -0.1) is 0 Å². The number of fused-ring (bicyclic) bond motifs is 2. The van der Waals surface area contributed by atoms with Crippen molar-refractivity contribution >= 4 is 11.6 Å². The van der Waals surface area contributed by atoms with Gasteiger partial charge in [-0.25, -0.2) is 0 Å². The normalized spacial score (nSPS) is 25.1. The molecule has 0 aromatic heterocycles. The molecular weight excluding hydrogens is 354 g/mol. The Bertz CT molecular complexity index is 1020. The van der Waals surface area contributed by atoms with E-state index in [0.717, 1.165) is 41.6 Å². The average Bonchev–Trinajstić information content (AvgIpc) is 3.28. The first-order valence-electron chi connectivity index (χ1n) is 10.7. The molecule has 0 saturated heterocycles. The lowest BCUT2D eigenvalue weighted by molar-refractivity contribution is -0.125. The summed E-state index contributed by atoms with van der Waals surface area (Å²) in [5.74, 6) is 6.84. The highest BCUT2D eigenvalue weighted by molar-refractivity contribution is 6.01. The van der Waals surface area contributed by atoms with Crippen LogP contribution in [0.4, 0.5) is 5.69 Å². The minimum absolute atomic E-state index is 0.00952. The second kappa shape index (κ2) is 6.77. The van der Waals surface area contributed by atoms with E-state index in [9.17, 15) is 4.79 Å². The van der Waals surface area contributed by atoms with Gasteiger partial charge in [-0.2, -0.15) is 0 Å². The zero-order chi connectivity index (χ0) is 20.9. The summed E-state index contributed by atoms with van der Waals surface area (Å²) in [7, 11) is 0. The topological polar surface area (TPSA) is 20.3 Å². The molecule has 1 saturated carbocycles. The molecule has 29 heavy (non-hydrogen) atoms. The summed E-state index contributed by atoms with van der Waals surface area (Å²) in [4.78, 5) is 16.1. The molecule has 1 fully saturated rings. The van der Waals surface area contributed by atoms with Gasteiger partial charge in [-0.3, -0.25) is 4.79 Å². The van der Waals surface area contributed by atoms with Crippen LogP contribution in [-0.4, -0.2) is 5.91 Å². The molecule has 0 N–H and O–H groups in total. The summed E-state index contributed by atoms with van der Waals surface area (Å²) in [5.41, 5.74) is 3.77. The van der Waals surface area contributed by atoms with Gasteiger partial charge in [0.25, 0.3) is 0 Å². The van der Waals surface area contributed by atoms with Gasteiger partial charge in [0, 0.05) is 11.1 Å². The molecule has 150 valence electrons. The van der Waals surface area contributed by atoms with Crippen molar-refractivity contribution in [3.63, 3.8) is 0 Å². The highest BCUT2D eigenvalue weighted by atomic mass is 16.2. The Morgan fingerprint density at radius 3 is 2.38 bits per heavy atom. The van der Waals surface area contributed by atoms with Gasteiger partial charge in [0.05, 0.1) is 17.6 Å². The molecule has 2 nitrogen and oxygen atoms in total. The molecule has 1 amide bonds. The first kappa shape index (κ1) is 19.8. The molecule has 0 bridgehead atoms. The van der Waals surface area contributed by atoms with Crippen LogP contribution in [0.2, 0.25) is 0 Å². The molecule has 2 aromatic carbocycles. The van der Waals surface area contributed by atoms with Crippen molar-refractivity contribution in [3.8, 4) is 11.8 Å². The average molecular weight is 386 g/mol. The lowest BCUT2D eigenvalue weighted by atomic mass is 9.69. The van der Waals surface area contributed by atoms with Gasteiger partial charge in [0.15, 0.2) is 0 Å². The largest absolute Gasteiger partial charge is 0.306 e. The fourth-order valence-corrected chi connectivity index (χ4v) is 5.33. The van der Waals surface area contributed by atoms with E-state index in [-0.39, 0.29) is 22.2 Å². The van der Waals surface area contributed by atoms with Crippen LogP contribution in [0.3, 0.4) is 0 Å². The first-order chi connectivity index (χ1) is 13.7. The second-order valence-electron chi connectivity index (χ2n) is 9.79. The van der Waals surface area contributed by atoms with Gasteiger partial charge in [-0.1, -0.05) is 83.2 Å². The quantitative estimate of drug-likeness (QED) is 0.576. The molecule has 0 spiro atoms. The molecule has 2 aliphatic rings. The van der Waals surface area contributed by atoms with Crippen molar-refractivity contribution in [2.24, 2.45) is 16.2 Å². The predicted molar refractivity (Wildman–Crippen MR) is 120 cm³/mol. The standard InChI is InChI=1S/C27H31NO/c1-6-17-25(2,3)27(5)19-26(27,4)24(29)28-18-22-13-8-7-11-20(22)15-16-21-12-9-10-14-23(21)28/h7-14H,6,17-19H2,1-5H3. The first-order valence-corrected chi connectivity index (χ1v) is 10.7. The molecule has 0 radical (unpaired) electrons. The third-order valence-electron chi connectivity index (χ3n) is 7.76. The number of nitrogens with zero attached hydrogens (tertiary/aromatic N) is 1. The highest BCUT2D eigenvalue weighted by Gasteiger charge is 2.71. The summed E-state index contributed by atoms with van der Waals surface area (Å²) in [6.07, 6.45) is 3.22. The van der Waals surface area contributed by atoms with Crippen molar-refractivity contribution in [2.45, 2.75) is 60.4 Å². The summed E-state index contributed by atoms with van der Waals surface area (Å²) < 4.78 is 0. The van der Waals surface area contributed by atoms with Gasteiger partial charge in [0.1, 0.15) is 0 Å². The molecule has 4 rings (SSSR count). The zero-order valence-corrected chi connectivity index (χ0v) is 18.3. The summed E-state index contributed by atoms with van der Waals surface area (Å²) in [6.45, 7) is 11.9. The number of para-hydroxylation sites is 1. The Kier molecular flexibility index (Phi) is 4.61. The number of hydrogen-bond acceptors (Lipinski definition) is 1. The van der Waals surface area contributed by atoms with E-state index in [1.807, 2.05) is 47.4 Å². The second-order valence-corrected chi connectivity index (χ2v) is 9.79. The maximum atomic E-state index is 14.1. The number of carbonyl (C=O) groups is 1. The highest BCUT2D eigenvalue weighted by Crippen LogP contribution is 2.73. The number of rotatable bonds is 4. The van der Waals surface area contributed by atoms with E-state index >= 15 is 0 Å². The fraction of sp³-hybridized carbons (Fsp3) is 0.444.